The van der Waals surface area contributed by atoms with Gasteiger partial charge >= 0.3 is 0 Å². The van der Waals surface area contributed by atoms with Gasteiger partial charge in [-0.1, -0.05) is 60.7 Å². The Morgan fingerprint density at radius 3 is 2.00 bits per heavy atom. The molecule has 0 unspecified atom stereocenters. The number of anilines is 1. The molecule has 3 nitrogen and oxygen atoms in total. The number of hydrogen-bond acceptors (Lipinski definition) is 2. The van der Waals surface area contributed by atoms with Crippen LogP contribution < -0.4 is 5.32 Å². The average molecular weight is 302 g/mol. The Labute approximate surface area is 136 Å². The highest BCUT2D eigenvalue weighted by molar-refractivity contribution is 5.98. The lowest BCUT2D eigenvalue weighted by Gasteiger charge is -2.18. The molecule has 3 heteroatoms. The molecule has 114 valence electrons. The van der Waals surface area contributed by atoms with Crippen molar-refractivity contribution in [3.8, 4) is 0 Å². The Morgan fingerprint density at radius 2 is 1.48 bits per heavy atom. The number of nitrogens with one attached hydrogen (secondary N) is 1. The smallest absolute Gasteiger partial charge is 0.236 e. The van der Waals surface area contributed by atoms with E-state index in [9.17, 15) is 4.79 Å². The quantitative estimate of drug-likeness (QED) is 0.786. The summed E-state index contributed by atoms with van der Waals surface area (Å²) in [6.45, 7) is 1.90. The molecule has 1 N–H and O–H groups in total. The van der Waals surface area contributed by atoms with Crippen LogP contribution in [0.1, 0.15) is 22.7 Å². The molecule has 0 atom stereocenters. The van der Waals surface area contributed by atoms with Crippen LogP contribution in [-0.2, 0) is 4.79 Å². The number of carbonyl (C=O) groups excluding carboxylic acids is 1. The van der Waals surface area contributed by atoms with Crippen LogP contribution in [0.15, 0.2) is 79.0 Å². The third-order valence-corrected chi connectivity index (χ3v) is 3.69. The Hall–Kier alpha value is -2.94. The second-order valence-electron chi connectivity index (χ2n) is 5.43. The first-order valence-corrected chi connectivity index (χ1v) is 7.57. The minimum Gasteiger partial charge on any atom is -0.325 e. The molecule has 0 saturated carbocycles. The fourth-order valence-corrected chi connectivity index (χ4v) is 2.62. The van der Waals surface area contributed by atoms with Crippen LogP contribution in [0.4, 0.5) is 5.69 Å². The van der Waals surface area contributed by atoms with Crippen molar-refractivity contribution in [1.82, 2.24) is 4.98 Å². The van der Waals surface area contributed by atoms with Gasteiger partial charge in [0.2, 0.25) is 5.91 Å². The molecule has 0 aliphatic carbocycles. The zero-order valence-corrected chi connectivity index (χ0v) is 12.9. The Balaban J connectivity index is 1.94. The second-order valence-corrected chi connectivity index (χ2v) is 5.43. The molecular formula is C20H18N2O. The normalized spacial score (nSPS) is 10.5. The van der Waals surface area contributed by atoms with Crippen molar-refractivity contribution in [3.05, 3.63) is 95.8 Å². The summed E-state index contributed by atoms with van der Waals surface area (Å²) >= 11 is 0. The van der Waals surface area contributed by atoms with Crippen molar-refractivity contribution in [3.63, 3.8) is 0 Å². The number of carbonyl (C=O) groups is 1. The molecular weight excluding hydrogens is 284 g/mol. The lowest BCUT2D eigenvalue weighted by Crippen LogP contribution is -2.22. The Kier molecular flexibility index (Phi) is 4.48. The number of rotatable bonds is 4. The monoisotopic (exact) mass is 302 g/mol. The van der Waals surface area contributed by atoms with Gasteiger partial charge in [-0.3, -0.25) is 9.78 Å². The third kappa shape index (κ3) is 3.64. The van der Waals surface area contributed by atoms with E-state index in [0.717, 1.165) is 22.5 Å². The molecule has 0 aliphatic rings. The summed E-state index contributed by atoms with van der Waals surface area (Å²) in [5.74, 6) is -0.390. The maximum absolute atomic E-state index is 12.9. The average Bonchev–Trinajstić information content (AvgIpc) is 2.57. The van der Waals surface area contributed by atoms with E-state index in [1.165, 1.54) is 0 Å². The number of pyridine rings is 1. The summed E-state index contributed by atoms with van der Waals surface area (Å²) in [5.41, 5.74) is 3.59. The SMILES string of the molecule is Cc1cc(NC(=O)C(c2ccccc2)c2ccccc2)ccn1. The van der Waals surface area contributed by atoms with E-state index in [1.54, 1.807) is 12.3 Å². The van der Waals surface area contributed by atoms with Gasteiger partial charge in [0.15, 0.2) is 0 Å². The molecule has 1 heterocycles. The molecule has 0 aliphatic heterocycles. The summed E-state index contributed by atoms with van der Waals surface area (Å²) in [6.07, 6.45) is 1.70. The topological polar surface area (TPSA) is 42.0 Å². The third-order valence-electron chi connectivity index (χ3n) is 3.69. The maximum Gasteiger partial charge on any atom is 0.236 e. The molecule has 0 fully saturated rings. The Bertz CT molecular complexity index is 746. The molecule has 0 saturated heterocycles. The van der Waals surface area contributed by atoms with Gasteiger partial charge in [-0.25, -0.2) is 0 Å². The summed E-state index contributed by atoms with van der Waals surface area (Å²) in [4.78, 5) is 17.1. The van der Waals surface area contributed by atoms with Gasteiger partial charge in [-0.2, -0.15) is 0 Å². The fourth-order valence-electron chi connectivity index (χ4n) is 2.62. The van der Waals surface area contributed by atoms with E-state index < -0.39 is 0 Å². The fraction of sp³-hybridized carbons (Fsp3) is 0.100. The van der Waals surface area contributed by atoms with Crippen molar-refractivity contribution in [2.45, 2.75) is 12.8 Å². The Morgan fingerprint density at radius 1 is 0.913 bits per heavy atom. The van der Waals surface area contributed by atoms with E-state index in [1.807, 2.05) is 73.7 Å². The molecule has 23 heavy (non-hydrogen) atoms. The zero-order chi connectivity index (χ0) is 16.1. The van der Waals surface area contributed by atoms with Crippen molar-refractivity contribution in [2.75, 3.05) is 5.32 Å². The molecule has 0 bridgehead atoms. The summed E-state index contributed by atoms with van der Waals surface area (Å²) in [7, 11) is 0. The molecule has 2 aromatic carbocycles. The van der Waals surface area contributed by atoms with Crippen molar-refractivity contribution < 1.29 is 4.79 Å². The first kappa shape index (κ1) is 15.0. The van der Waals surface area contributed by atoms with Crippen LogP contribution in [0.3, 0.4) is 0 Å². The van der Waals surface area contributed by atoms with Crippen LogP contribution in [0, 0.1) is 6.92 Å². The number of aryl methyl sites for hydroxylation is 1. The molecule has 0 radical (unpaired) electrons. The lowest BCUT2D eigenvalue weighted by molar-refractivity contribution is -0.116. The van der Waals surface area contributed by atoms with E-state index in [0.29, 0.717) is 0 Å². The van der Waals surface area contributed by atoms with Crippen LogP contribution in [-0.4, -0.2) is 10.9 Å². The highest BCUT2D eigenvalue weighted by Crippen LogP contribution is 2.26. The number of aromatic nitrogens is 1. The highest BCUT2D eigenvalue weighted by atomic mass is 16.1. The first-order chi connectivity index (χ1) is 11.2. The summed E-state index contributed by atoms with van der Waals surface area (Å²) in [6, 6.07) is 23.3. The summed E-state index contributed by atoms with van der Waals surface area (Å²) in [5, 5.41) is 3.00. The minimum atomic E-state index is -0.342. The minimum absolute atomic E-state index is 0.0481. The molecule has 3 aromatic rings. The molecule has 0 spiro atoms. The predicted molar refractivity (Wildman–Crippen MR) is 92.3 cm³/mol. The van der Waals surface area contributed by atoms with Gasteiger partial charge < -0.3 is 5.32 Å². The van der Waals surface area contributed by atoms with E-state index >= 15 is 0 Å². The maximum atomic E-state index is 12.9. The predicted octanol–water partition coefficient (Wildman–Crippen LogP) is 4.16. The van der Waals surface area contributed by atoms with Crippen molar-refractivity contribution in [1.29, 1.82) is 0 Å². The molecule has 3 rings (SSSR count). The van der Waals surface area contributed by atoms with E-state index in [-0.39, 0.29) is 11.8 Å². The van der Waals surface area contributed by atoms with Gasteiger partial charge in [0.05, 0.1) is 5.92 Å². The highest BCUT2D eigenvalue weighted by Gasteiger charge is 2.22. The molecule has 1 amide bonds. The summed E-state index contributed by atoms with van der Waals surface area (Å²) < 4.78 is 0. The molecule has 1 aromatic heterocycles. The first-order valence-electron chi connectivity index (χ1n) is 7.57. The van der Waals surface area contributed by atoms with Crippen molar-refractivity contribution >= 4 is 11.6 Å². The number of hydrogen-bond donors (Lipinski definition) is 1. The van der Waals surface area contributed by atoms with E-state index in [4.69, 9.17) is 0 Å². The second kappa shape index (κ2) is 6.88. The lowest BCUT2D eigenvalue weighted by atomic mass is 9.90. The van der Waals surface area contributed by atoms with Crippen molar-refractivity contribution in [2.24, 2.45) is 0 Å². The van der Waals surface area contributed by atoms with Gasteiger partial charge in [-0.05, 0) is 30.2 Å². The van der Waals surface area contributed by atoms with Gasteiger partial charge in [0.25, 0.3) is 0 Å². The number of amides is 1. The van der Waals surface area contributed by atoms with Gasteiger partial charge in [0, 0.05) is 17.6 Å². The van der Waals surface area contributed by atoms with Crippen LogP contribution in [0.5, 0.6) is 0 Å². The van der Waals surface area contributed by atoms with Gasteiger partial charge in [0.1, 0.15) is 0 Å². The van der Waals surface area contributed by atoms with Gasteiger partial charge in [-0.15, -0.1) is 0 Å². The standard InChI is InChI=1S/C20H18N2O/c1-15-14-18(12-13-21-15)22-20(23)19(16-8-4-2-5-9-16)17-10-6-3-7-11-17/h2-14,19H,1H3,(H,21,22,23). The number of nitrogens with zero attached hydrogens (tertiary/aromatic N) is 1. The zero-order valence-electron chi connectivity index (χ0n) is 12.9. The van der Waals surface area contributed by atoms with E-state index in [2.05, 4.69) is 10.3 Å². The number of benzene rings is 2. The van der Waals surface area contributed by atoms with Crippen LogP contribution >= 0.6 is 0 Å². The van der Waals surface area contributed by atoms with Crippen LogP contribution in [0.2, 0.25) is 0 Å². The van der Waals surface area contributed by atoms with Crippen LogP contribution in [0.25, 0.3) is 0 Å². The largest absolute Gasteiger partial charge is 0.325 e.